The first-order chi connectivity index (χ1) is 9.45. The molecule has 0 spiro atoms. The summed E-state index contributed by atoms with van der Waals surface area (Å²) in [5, 5.41) is 12.0. The largest absolute Gasteiger partial charge is 0.478 e. The minimum Gasteiger partial charge on any atom is -0.478 e. The van der Waals surface area contributed by atoms with Crippen molar-refractivity contribution in [1.29, 1.82) is 0 Å². The molecule has 0 fully saturated rings. The van der Waals surface area contributed by atoms with Crippen LogP contribution >= 0.6 is 0 Å². The van der Waals surface area contributed by atoms with Crippen molar-refractivity contribution in [3.05, 3.63) is 35.7 Å². The summed E-state index contributed by atoms with van der Waals surface area (Å²) in [7, 11) is 0. The normalized spacial score (nSPS) is 13.4. The third-order valence-electron chi connectivity index (χ3n) is 2.94. The van der Waals surface area contributed by atoms with E-state index in [1.54, 1.807) is 6.08 Å². The summed E-state index contributed by atoms with van der Waals surface area (Å²) in [5.41, 5.74) is 2.62. The third kappa shape index (κ3) is 3.45. The smallest absolute Gasteiger partial charge is 0.328 e. The molecule has 20 heavy (non-hydrogen) atoms. The minimum absolute atomic E-state index is 0.139. The molecule has 1 aromatic carbocycles. The summed E-state index contributed by atoms with van der Waals surface area (Å²) < 4.78 is 0. The number of carboxylic acids is 1. The molecule has 0 amide bonds. The summed E-state index contributed by atoms with van der Waals surface area (Å²) in [4.78, 5) is 18.3. The Kier molecular flexibility index (Phi) is 4.20. The van der Waals surface area contributed by atoms with Gasteiger partial charge in [-0.05, 0) is 30.7 Å². The van der Waals surface area contributed by atoms with Gasteiger partial charge in [-0.25, -0.2) is 9.78 Å². The summed E-state index contributed by atoms with van der Waals surface area (Å²) in [5.74, 6) is -0.0711. The molecule has 0 aliphatic heterocycles. The first-order valence-electron chi connectivity index (χ1n) is 6.62. The van der Waals surface area contributed by atoms with Gasteiger partial charge in [-0.1, -0.05) is 19.9 Å². The van der Waals surface area contributed by atoms with Crippen molar-refractivity contribution in [2.75, 3.05) is 0 Å². The number of H-pyrrole nitrogens is 1. The second-order valence-electron chi connectivity index (χ2n) is 5.11. The lowest BCUT2D eigenvalue weighted by Gasteiger charge is -2.13. The Morgan fingerprint density at radius 1 is 1.40 bits per heavy atom. The number of aromatic amines is 1. The summed E-state index contributed by atoms with van der Waals surface area (Å²) in [6, 6.07) is 6.16. The van der Waals surface area contributed by atoms with Gasteiger partial charge in [-0.15, -0.1) is 0 Å². The maximum Gasteiger partial charge on any atom is 0.328 e. The zero-order valence-corrected chi connectivity index (χ0v) is 11.8. The van der Waals surface area contributed by atoms with Crippen LogP contribution in [0.5, 0.6) is 0 Å². The second kappa shape index (κ2) is 5.88. The van der Waals surface area contributed by atoms with Crippen molar-refractivity contribution in [1.82, 2.24) is 15.3 Å². The summed E-state index contributed by atoms with van der Waals surface area (Å²) >= 11 is 0. The van der Waals surface area contributed by atoms with Crippen molar-refractivity contribution in [2.45, 2.75) is 32.9 Å². The number of nitrogens with zero attached hydrogens (tertiary/aromatic N) is 1. The molecule has 0 aliphatic rings. The predicted molar refractivity (Wildman–Crippen MR) is 79.5 cm³/mol. The molecule has 2 rings (SSSR count). The van der Waals surface area contributed by atoms with E-state index >= 15 is 0 Å². The van der Waals surface area contributed by atoms with Crippen LogP contribution in [0.1, 0.15) is 38.2 Å². The van der Waals surface area contributed by atoms with Crippen LogP contribution in [0.4, 0.5) is 0 Å². The molecule has 106 valence electrons. The number of aromatic nitrogens is 2. The SMILES string of the molecule is CC(C)N[C@H](C)c1nc2ccc(/C=C/C(=O)O)cc2[nH]1. The van der Waals surface area contributed by atoms with E-state index in [0.717, 1.165) is 28.5 Å². The van der Waals surface area contributed by atoms with E-state index in [1.165, 1.54) is 0 Å². The number of fused-ring (bicyclic) bond motifs is 1. The van der Waals surface area contributed by atoms with E-state index in [9.17, 15) is 4.79 Å². The Labute approximate surface area is 117 Å². The number of rotatable bonds is 5. The molecule has 0 unspecified atom stereocenters. The van der Waals surface area contributed by atoms with Crippen LogP contribution in [-0.4, -0.2) is 27.1 Å². The highest BCUT2D eigenvalue weighted by atomic mass is 16.4. The first kappa shape index (κ1) is 14.3. The molecule has 0 saturated carbocycles. The van der Waals surface area contributed by atoms with E-state index in [1.807, 2.05) is 18.2 Å². The second-order valence-corrected chi connectivity index (χ2v) is 5.11. The van der Waals surface area contributed by atoms with Crippen LogP contribution in [0, 0.1) is 0 Å². The van der Waals surface area contributed by atoms with E-state index in [-0.39, 0.29) is 6.04 Å². The van der Waals surface area contributed by atoms with Gasteiger partial charge in [0.1, 0.15) is 5.82 Å². The molecule has 1 heterocycles. The number of imidazole rings is 1. The van der Waals surface area contributed by atoms with Crippen LogP contribution in [0.2, 0.25) is 0 Å². The number of carboxylic acid groups (broad SMARTS) is 1. The van der Waals surface area contributed by atoms with Crippen molar-refractivity contribution in [3.63, 3.8) is 0 Å². The molecular formula is C15H19N3O2. The number of nitrogens with one attached hydrogen (secondary N) is 2. The molecule has 0 saturated heterocycles. The highest BCUT2D eigenvalue weighted by molar-refractivity contribution is 5.86. The lowest BCUT2D eigenvalue weighted by atomic mass is 10.2. The fourth-order valence-corrected chi connectivity index (χ4v) is 2.10. The van der Waals surface area contributed by atoms with Gasteiger partial charge in [-0.3, -0.25) is 0 Å². The van der Waals surface area contributed by atoms with Crippen LogP contribution < -0.4 is 5.32 Å². The van der Waals surface area contributed by atoms with E-state index in [4.69, 9.17) is 5.11 Å². The lowest BCUT2D eigenvalue weighted by molar-refractivity contribution is -0.131. The zero-order valence-electron chi connectivity index (χ0n) is 11.8. The molecule has 5 heteroatoms. The summed E-state index contributed by atoms with van der Waals surface area (Å²) in [6.45, 7) is 6.24. The maximum absolute atomic E-state index is 10.5. The number of aliphatic carboxylic acids is 1. The standard InChI is InChI=1S/C15H19N3O2/c1-9(2)16-10(3)15-17-12-6-4-11(5-7-14(19)20)8-13(12)18-15/h4-10,16H,1-3H3,(H,17,18)(H,19,20)/b7-5+/t10-/m1/s1. The molecule has 0 radical (unpaired) electrons. The third-order valence-corrected chi connectivity index (χ3v) is 2.94. The van der Waals surface area contributed by atoms with Gasteiger partial charge in [0.15, 0.2) is 0 Å². The van der Waals surface area contributed by atoms with Crippen LogP contribution in [0.15, 0.2) is 24.3 Å². The predicted octanol–water partition coefficient (Wildman–Crippen LogP) is 2.72. The molecule has 3 N–H and O–H groups in total. The number of hydrogen-bond acceptors (Lipinski definition) is 3. The quantitative estimate of drug-likeness (QED) is 0.732. The monoisotopic (exact) mass is 273 g/mol. The van der Waals surface area contributed by atoms with Gasteiger partial charge >= 0.3 is 5.97 Å². The molecule has 0 aliphatic carbocycles. The van der Waals surface area contributed by atoms with Gasteiger partial charge in [-0.2, -0.15) is 0 Å². The Bertz CT molecular complexity index is 644. The Balaban J connectivity index is 2.27. The molecule has 5 nitrogen and oxygen atoms in total. The van der Waals surface area contributed by atoms with E-state index in [0.29, 0.717) is 6.04 Å². The van der Waals surface area contributed by atoms with Crippen molar-refractivity contribution in [3.8, 4) is 0 Å². The maximum atomic E-state index is 10.5. The minimum atomic E-state index is -0.954. The summed E-state index contributed by atoms with van der Waals surface area (Å²) in [6.07, 6.45) is 2.69. The highest BCUT2D eigenvalue weighted by Gasteiger charge is 2.11. The molecular weight excluding hydrogens is 254 g/mol. The molecule has 1 aromatic heterocycles. The van der Waals surface area contributed by atoms with Gasteiger partial charge in [0.05, 0.1) is 17.1 Å². The van der Waals surface area contributed by atoms with E-state index in [2.05, 4.69) is 36.1 Å². The van der Waals surface area contributed by atoms with Gasteiger partial charge in [0.25, 0.3) is 0 Å². The van der Waals surface area contributed by atoms with Crippen molar-refractivity contribution >= 4 is 23.1 Å². The van der Waals surface area contributed by atoms with Crippen LogP contribution in [0.25, 0.3) is 17.1 Å². The fraction of sp³-hybridized carbons (Fsp3) is 0.333. The topological polar surface area (TPSA) is 78.0 Å². The molecule has 0 bridgehead atoms. The van der Waals surface area contributed by atoms with Gasteiger partial charge in [0, 0.05) is 12.1 Å². The highest BCUT2D eigenvalue weighted by Crippen LogP contribution is 2.18. The van der Waals surface area contributed by atoms with E-state index < -0.39 is 5.97 Å². The van der Waals surface area contributed by atoms with Crippen molar-refractivity contribution < 1.29 is 9.90 Å². The zero-order chi connectivity index (χ0) is 14.7. The number of hydrogen-bond donors (Lipinski definition) is 3. The Hall–Kier alpha value is -2.14. The first-order valence-corrected chi connectivity index (χ1v) is 6.62. The lowest BCUT2D eigenvalue weighted by Crippen LogP contribution is -2.26. The average Bonchev–Trinajstić information content (AvgIpc) is 2.78. The average molecular weight is 273 g/mol. The Morgan fingerprint density at radius 3 is 2.80 bits per heavy atom. The molecule has 1 atom stereocenters. The van der Waals surface area contributed by atoms with Crippen molar-refractivity contribution in [2.24, 2.45) is 0 Å². The van der Waals surface area contributed by atoms with Crippen LogP contribution in [-0.2, 0) is 4.79 Å². The van der Waals surface area contributed by atoms with Crippen LogP contribution in [0.3, 0.4) is 0 Å². The number of benzene rings is 1. The number of carbonyl (C=O) groups is 1. The van der Waals surface area contributed by atoms with Gasteiger partial charge in [0.2, 0.25) is 0 Å². The molecule has 2 aromatic rings. The Morgan fingerprint density at radius 2 is 2.15 bits per heavy atom. The van der Waals surface area contributed by atoms with Gasteiger partial charge < -0.3 is 15.4 Å². The fourth-order valence-electron chi connectivity index (χ4n) is 2.10.